The average molecular weight is 228 g/mol. The molecular formula is C12H24N2O2. The van der Waals surface area contributed by atoms with Crippen LogP contribution in [0.1, 0.15) is 32.1 Å². The van der Waals surface area contributed by atoms with E-state index in [1.54, 1.807) is 7.11 Å². The fraction of sp³-hybridized carbons (Fsp3) is 0.833. The lowest BCUT2D eigenvalue weighted by molar-refractivity contribution is 0.0627. The first kappa shape index (κ1) is 13.6. The number of hydrazine groups is 1. The summed E-state index contributed by atoms with van der Waals surface area (Å²) in [5.41, 5.74) is 4.24. The first-order chi connectivity index (χ1) is 7.88. The third kappa shape index (κ3) is 5.07. The van der Waals surface area contributed by atoms with Crippen LogP contribution in [-0.2, 0) is 9.47 Å². The molecular weight excluding hydrogens is 204 g/mol. The van der Waals surface area contributed by atoms with Gasteiger partial charge in [-0.1, -0.05) is 18.1 Å². The van der Waals surface area contributed by atoms with E-state index in [0.717, 1.165) is 6.42 Å². The topological polar surface area (TPSA) is 56.5 Å². The summed E-state index contributed by atoms with van der Waals surface area (Å²) in [5.74, 6) is 5.57. The molecule has 0 bridgehead atoms. The molecule has 0 aromatic rings. The van der Waals surface area contributed by atoms with Gasteiger partial charge < -0.3 is 9.47 Å². The van der Waals surface area contributed by atoms with Crippen LogP contribution < -0.4 is 11.3 Å². The minimum absolute atomic E-state index is 0.162. The van der Waals surface area contributed by atoms with Crippen molar-refractivity contribution in [1.29, 1.82) is 0 Å². The molecule has 1 rings (SSSR count). The average Bonchev–Trinajstić information content (AvgIpc) is 2.58. The van der Waals surface area contributed by atoms with Gasteiger partial charge in [0, 0.05) is 7.11 Å². The van der Waals surface area contributed by atoms with Crippen LogP contribution in [0.2, 0.25) is 0 Å². The summed E-state index contributed by atoms with van der Waals surface area (Å²) < 4.78 is 10.4. The van der Waals surface area contributed by atoms with Gasteiger partial charge in [-0.05, 0) is 25.7 Å². The summed E-state index contributed by atoms with van der Waals surface area (Å²) in [6, 6.07) is 0.162. The highest BCUT2D eigenvalue weighted by molar-refractivity contribution is 5.11. The SMILES string of the molecule is COCCOCC(NN)C1=CCCCCC1. The van der Waals surface area contributed by atoms with Gasteiger partial charge in [0.2, 0.25) is 0 Å². The van der Waals surface area contributed by atoms with Crippen molar-refractivity contribution in [1.82, 2.24) is 5.43 Å². The third-order valence-corrected chi connectivity index (χ3v) is 2.94. The second-order valence-electron chi connectivity index (χ2n) is 4.17. The fourth-order valence-corrected chi connectivity index (χ4v) is 1.96. The van der Waals surface area contributed by atoms with E-state index in [-0.39, 0.29) is 6.04 Å². The van der Waals surface area contributed by atoms with Crippen molar-refractivity contribution in [3.8, 4) is 0 Å². The van der Waals surface area contributed by atoms with Crippen LogP contribution in [0, 0.1) is 0 Å². The Labute approximate surface area is 98.1 Å². The van der Waals surface area contributed by atoms with E-state index in [0.29, 0.717) is 19.8 Å². The minimum Gasteiger partial charge on any atom is -0.382 e. The predicted octanol–water partition coefficient (Wildman–Crippen LogP) is 1.37. The highest BCUT2D eigenvalue weighted by atomic mass is 16.5. The number of methoxy groups -OCH3 is 1. The Hall–Kier alpha value is -0.420. The first-order valence-corrected chi connectivity index (χ1v) is 6.10. The predicted molar refractivity (Wildman–Crippen MR) is 65.0 cm³/mol. The second-order valence-corrected chi connectivity index (χ2v) is 4.17. The zero-order chi connectivity index (χ0) is 11.6. The Morgan fingerprint density at radius 3 is 3.00 bits per heavy atom. The molecule has 0 aromatic heterocycles. The number of allylic oxidation sites excluding steroid dienone is 1. The molecule has 0 fully saturated rings. The smallest absolute Gasteiger partial charge is 0.0701 e. The molecule has 1 aliphatic rings. The summed E-state index contributed by atoms with van der Waals surface area (Å²) >= 11 is 0. The summed E-state index contributed by atoms with van der Waals surface area (Å²) in [6.45, 7) is 1.89. The van der Waals surface area contributed by atoms with Gasteiger partial charge in [0.05, 0.1) is 25.9 Å². The maximum Gasteiger partial charge on any atom is 0.0701 e. The largest absolute Gasteiger partial charge is 0.382 e. The van der Waals surface area contributed by atoms with Crippen LogP contribution in [0.15, 0.2) is 11.6 Å². The van der Waals surface area contributed by atoms with E-state index < -0.39 is 0 Å². The van der Waals surface area contributed by atoms with E-state index >= 15 is 0 Å². The van der Waals surface area contributed by atoms with Crippen LogP contribution in [-0.4, -0.2) is 33.0 Å². The Bertz CT molecular complexity index is 207. The lowest BCUT2D eigenvalue weighted by Crippen LogP contribution is -2.40. The van der Waals surface area contributed by atoms with Crippen molar-refractivity contribution >= 4 is 0 Å². The molecule has 0 saturated heterocycles. The van der Waals surface area contributed by atoms with Gasteiger partial charge in [-0.3, -0.25) is 11.3 Å². The Morgan fingerprint density at radius 2 is 2.25 bits per heavy atom. The van der Waals surface area contributed by atoms with Crippen LogP contribution in [0.25, 0.3) is 0 Å². The van der Waals surface area contributed by atoms with Gasteiger partial charge in [0.15, 0.2) is 0 Å². The summed E-state index contributed by atoms with van der Waals surface area (Å²) in [4.78, 5) is 0. The third-order valence-electron chi connectivity index (χ3n) is 2.94. The maximum atomic E-state index is 5.57. The lowest BCUT2D eigenvalue weighted by atomic mass is 10.0. The van der Waals surface area contributed by atoms with E-state index in [9.17, 15) is 0 Å². The normalized spacial score (nSPS) is 19.0. The van der Waals surface area contributed by atoms with Crippen molar-refractivity contribution in [2.75, 3.05) is 26.9 Å². The summed E-state index contributed by atoms with van der Waals surface area (Å²) in [5, 5.41) is 0. The number of rotatable bonds is 7. The van der Waals surface area contributed by atoms with Crippen molar-refractivity contribution in [3.05, 3.63) is 11.6 Å². The number of hydrogen-bond acceptors (Lipinski definition) is 4. The zero-order valence-electron chi connectivity index (χ0n) is 10.2. The molecule has 0 aliphatic heterocycles. The number of ether oxygens (including phenoxy) is 2. The minimum atomic E-state index is 0.162. The monoisotopic (exact) mass is 228 g/mol. The first-order valence-electron chi connectivity index (χ1n) is 6.10. The van der Waals surface area contributed by atoms with Crippen LogP contribution >= 0.6 is 0 Å². The number of hydrogen-bond donors (Lipinski definition) is 2. The van der Waals surface area contributed by atoms with E-state index in [2.05, 4.69) is 11.5 Å². The Kier molecular flexibility index (Phi) is 7.42. The van der Waals surface area contributed by atoms with Crippen LogP contribution in [0.3, 0.4) is 0 Å². The van der Waals surface area contributed by atoms with Crippen molar-refractivity contribution in [3.63, 3.8) is 0 Å². The molecule has 4 nitrogen and oxygen atoms in total. The summed E-state index contributed by atoms with van der Waals surface area (Å²) in [6.07, 6.45) is 8.51. The molecule has 0 spiro atoms. The van der Waals surface area contributed by atoms with Gasteiger partial charge in [0.1, 0.15) is 0 Å². The fourth-order valence-electron chi connectivity index (χ4n) is 1.96. The molecule has 1 aliphatic carbocycles. The molecule has 0 radical (unpaired) electrons. The van der Waals surface area contributed by atoms with Crippen LogP contribution in [0.4, 0.5) is 0 Å². The van der Waals surface area contributed by atoms with Gasteiger partial charge in [-0.2, -0.15) is 0 Å². The molecule has 0 saturated carbocycles. The Balaban J connectivity index is 2.30. The molecule has 1 atom stereocenters. The molecule has 0 aromatic carbocycles. The van der Waals surface area contributed by atoms with Crippen molar-refractivity contribution in [2.24, 2.45) is 5.84 Å². The molecule has 3 N–H and O–H groups in total. The standard InChI is InChI=1S/C12H24N2O2/c1-15-8-9-16-10-12(14-13)11-6-4-2-3-5-7-11/h6,12,14H,2-5,7-10,13H2,1H3. The van der Waals surface area contributed by atoms with Crippen molar-refractivity contribution < 1.29 is 9.47 Å². The molecule has 4 heteroatoms. The maximum absolute atomic E-state index is 5.57. The van der Waals surface area contributed by atoms with E-state index in [4.69, 9.17) is 15.3 Å². The number of nitrogens with two attached hydrogens (primary N) is 1. The zero-order valence-corrected chi connectivity index (χ0v) is 10.2. The second kappa shape index (κ2) is 8.70. The summed E-state index contributed by atoms with van der Waals surface area (Å²) in [7, 11) is 1.68. The van der Waals surface area contributed by atoms with Gasteiger partial charge in [-0.25, -0.2) is 0 Å². The highest BCUT2D eigenvalue weighted by Crippen LogP contribution is 2.19. The van der Waals surface area contributed by atoms with E-state index in [1.807, 2.05) is 0 Å². The number of nitrogens with one attached hydrogen (secondary N) is 1. The lowest BCUT2D eigenvalue weighted by Gasteiger charge is -2.19. The molecule has 0 heterocycles. The Morgan fingerprint density at radius 1 is 1.38 bits per heavy atom. The van der Waals surface area contributed by atoms with Crippen LogP contribution in [0.5, 0.6) is 0 Å². The molecule has 94 valence electrons. The van der Waals surface area contributed by atoms with E-state index in [1.165, 1.54) is 31.3 Å². The molecule has 1 unspecified atom stereocenters. The highest BCUT2D eigenvalue weighted by Gasteiger charge is 2.14. The molecule has 0 amide bonds. The van der Waals surface area contributed by atoms with Gasteiger partial charge in [-0.15, -0.1) is 0 Å². The van der Waals surface area contributed by atoms with Gasteiger partial charge in [0.25, 0.3) is 0 Å². The quantitative estimate of drug-likeness (QED) is 0.299. The van der Waals surface area contributed by atoms with Crippen molar-refractivity contribution in [2.45, 2.75) is 38.1 Å². The molecule has 16 heavy (non-hydrogen) atoms. The van der Waals surface area contributed by atoms with Gasteiger partial charge >= 0.3 is 0 Å².